The second-order valence-corrected chi connectivity index (χ2v) is 3.37. The van der Waals surface area contributed by atoms with Crippen LogP contribution >= 0.6 is 0 Å². The van der Waals surface area contributed by atoms with E-state index in [0.717, 1.165) is 0 Å². The van der Waals surface area contributed by atoms with Crippen LogP contribution in [-0.4, -0.2) is 13.3 Å². The number of benzene rings is 1. The summed E-state index contributed by atoms with van der Waals surface area (Å²) in [5.74, 6) is -0.309. The summed E-state index contributed by atoms with van der Waals surface area (Å²) in [4.78, 5) is 0. The highest BCUT2D eigenvalue weighted by Gasteiger charge is 2.06. The van der Waals surface area contributed by atoms with Gasteiger partial charge in [-0.15, -0.1) is 0 Å². The van der Waals surface area contributed by atoms with Gasteiger partial charge >= 0.3 is 0 Å². The summed E-state index contributed by atoms with van der Waals surface area (Å²) in [6.07, 6.45) is 0.272. The molecule has 1 atom stereocenters. The summed E-state index contributed by atoms with van der Waals surface area (Å²) in [6.45, 7) is 1.50. The Labute approximate surface area is 88.0 Å². The molecule has 0 amide bonds. The molecule has 0 spiro atoms. The van der Waals surface area contributed by atoms with Crippen LogP contribution in [0.1, 0.15) is 24.9 Å². The van der Waals surface area contributed by atoms with Crippen molar-refractivity contribution in [3.63, 3.8) is 0 Å². The molecule has 0 aliphatic rings. The lowest BCUT2D eigenvalue weighted by molar-refractivity contribution is 0.277. The van der Waals surface area contributed by atoms with E-state index in [-0.39, 0.29) is 24.8 Å². The minimum atomic E-state index is -0.459. The van der Waals surface area contributed by atoms with Gasteiger partial charge in [-0.25, -0.2) is 4.39 Å². The average Bonchev–Trinajstić information content (AvgIpc) is 2.20. The fourth-order valence-corrected chi connectivity index (χ4v) is 1.15. The molecule has 1 rings (SSSR count). The molecule has 4 heteroatoms. The third-order valence-corrected chi connectivity index (χ3v) is 2.02. The fraction of sp³-hybridized carbons (Fsp3) is 0.455. The van der Waals surface area contributed by atoms with Crippen molar-refractivity contribution in [2.45, 2.75) is 19.4 Å². The average molecular weight is 215 g/mol. The van der Waals surface area contributed by atoms with Gasteiger partial charge in [0.25, 0.3) is 0 Å². The first-order chi connectivity index (χ1) is 7.15. The van der Waals surface area contributed by atoms with Gasteiger partial charge in [-0.1, -0.05) is 6.07 Å². The molecule has 0 aliphatic carbocycles. The standard InChI is InChI=1S/C11H15F2NO/c1-8(14)9-3-4-11(10(13)7-9)15-6-2-5-12/h3-4,7-8H,2,5-6,14H2,1H3/t8-/m1/s1. The number of ether oxygens (including phenoxy) is 1. The highest BCUT2D eigenvalue weighted by Crippen LogP contribution is 2.21. The van der Waals surface area contributed by atoms with E-state index >= 15 is 0 Å². The van der Waals surface area contributed by atoms with Gasteiger partial charge in [-0.3, -0.25) is 4.39 Å². The molecule has 0 saturated carbocycles. The minimum Gasteiger partial charge on any atom is -0.490 e. The first-order valence-corrected chi connectivity index (χ1v) is 4.89. The lowest BCUT2D eigenvalue weighted by Crippen LogP contribution is -2.06. The molecular formula is C11H15F2NO. The van der Waals surface area contributed by atoms with Crippen LogP contribution in [0.5, 0.6) is 5.75 Å². The second-order valence-electron chi connectivity index (χ2n) is 3.37. The Morgan fingerprint density at radius 1 is 1.47 bits per heavy atom. The summed E-state index contributed by atoms with van der Waals surface area (Å²) in [5.41, 5.74) is 6.31. The second kappa shape index (κ2) is 5.66. The van der Waals surface area contributed by atoms with Crippen molar-refractivity contribution in [3.05, 3.63) is 29.6 Å². The fourth-order valence-electron chi connectivity index (χ4n) is 1.15. The number of alkyl halides is 1. The molecule has 0 fully saturated rings. The normalized spacial score (nSPS) is 12.5. The SMILES string of the molecule is C[C@@H](N)c1ccc(OCCCF)c(F)c1. The molecule has 1 aromatic rings. The lowest BCUT2D eigenvalue weighted by atomic mass is 10.1. The van der Waals surface area contributed by atoms with E-state index in [1.807, 2.05) is 0 Å². The van der Waals surface area contributed by atoms with Crippen LogP contribution in [0, 0.1) is 5.82 Å². The predicted octanol–water partition coefficient (Wildman–Crippen LogP) is 2.58. The Bertz CT molecular complexity index is 315. The molecule has 2 nitrogen and oxygen atoms in total. The number of nitrogens with two attached hydrogens (primary N) is 1. The first kappa shape index (κ1) is 11.9. The molecule has 0 bridgehead atoms. The molecule has 2 N–H and O–H groups in total. The van der Waals surface area contributed by atoms with Crippen LogP contribution in [0.25, 0.3) is 0 Å². The van der Waals surface area contributed by atoms with Crippen molar-refractivity contribution < 1.29 is 13.5 Å². The molecule has 0 aromatic heterocycles. The summed E-state index contributed by atoms with van der Waals surface area (Å²) >= 11 is 0. The summed E-state index contributed by atoms with van der Waals surface area (Å²) in [6, 6.07) is 4.36. The summed E-state index contributed by atoms with van der Waals surface area (Å²) < 4.78 is 30.2. The van der Waals surface area contributed by atoms with E-state index in [9.17, 15) is 8.78 Å². The maximum absolute atomic E-state index is 13.4. The monoisotopic (exact) mass is 215 g/mol. The molecular weight excluding hydrogens is 200 g/mol. The number of hydrogen-bond donors (Lipinski definition) is 1. The van der Waals surface area contributed by atoms with Crippen molar-refractivity contribution in [1.82, 2.24) is 0 Å². The van der Waals surface area contributed by atoms with Crippen LogP contribution in [0.2, 0.25) is 0 Å². The molecule has 1 aromatic carbocycles. The molecule has 15 heavy (non-hydrogen) atoms. The quantitative estimate of drug-likeness (QED) is 0.766. The zero-order valence-corrected chi connectivity index (χ0v) is 8.67. The maximum atomic E-state index is 13.4. The van der Waals surface area contributed by atoms with Gasteiger partial charge in [-0.05, 0) is 24.6 Å². The van der Waals surface area contributed by atoms with Gasteiger partial charge in [0.1, 0.15) is 0 Å². The van der Waals surface area contributed by atoms with Crippen LogP contribution in [0.4, 0.5) is 8.78 Å². The van der Waals surface area contributed by atoms with Crippen molar-refractivity contribution in [2.75, 3.05) is 13.3 Å². The number of halogens is 2. The van der Waals surface area contributed by atoms with Crippen LogP contribution < -0.4 is 10.5 Å². The number of rotatable bonds is 5. The smallest absolute Gasteiger partial charge is 0.165 e. The van der Waals surface area contributed by atoms with Gasteiger partial charge in [0.2, 0.25) is 0 Å². The Morgan fingerprint density at radius 2 is 2.20 bits per heavy atom. The van der Waals surface area contributed by atoms with Gasteiger partial charge in [0.05, 0.1) is 13.3 Å². The summed E-state index contributed by atoms with van der Waals surface area (Å²) in [7, 11) is 0. The van der Waals surface area contributed by atoms with Crippen molar-refractivity contribution in [1.29, 1.82) is 0 Å². The maximum Gasteiger partial charge on any atom is 0.165 e. The Hall–Kier alpha value is -1.16. The van der Waals surface area contributed by atoms with Gasteiger partial charge in [-0.2, -0.15) is 0 Å². The van der Waals surface area contributed by atoms with Crippen molar-refractivity contribution >= 4 is 0 Å². The van der Waals surface area contributed by atoms with E-state index in [4.69, 9.17) is 10.5 Å². The van der Waals surface area contributed by atoms with Crippen molar-refractivity contribution in [3.8, 4) is 5.75 Å². The first-order valence-electron chi connectivity index (χ1n) is 4.89. The molecule has 0 unspecified atom stereocenters. The molecule has 0 aliphatic heterocycles. The van der Waals surface area contributed by atoms with E-state index < -0.39 is 12.5 Å². The lowest BCUT2D eigenvalue weighted by Gasteiger charge is -2.09. The minimum absolute atomic E-state index is 0.146. The Balaban J connectivity index is 2.66. The van der Waals surface area contributed by atoms with E-state index in [1.165, 1.54) is 12.1 Å². The third-order valence-electron chi connectivity index (χ3n) is 2.02. The van der Waals surface area contributed by atoms with Crippen LogP contribution in [0.15, 0.2) is 18.2 Å². The topological polar surface area (TPSA) is 35.2 Å². The summed E-state index contributed by atoms with van der Waals surface area (Å²) in [5, 5.41) is 0. The van der Waals surface area contributed by atoms with Gasteiger partial charge in [0, 0.05) is 12.5 Å². The highest BCUT2D eigenvalue weighted by atomic mass is 19.1. The zero-order chi connectivity index (χ0) is 11.3. The van der Waals surface area contributed by atoms with Crippen LogP contribution in [0.3, 0.4) is 0 Å². The predicted molar refractivity (Wildman–Crippen MR) is 55.1 cm³/mol. The van der Waals surface area contributed by atoms with E-state index in [0.29, 0.717) is 5.56 Å². The molecule has 0 radical (unpaired) electrons. The Kier molecular flexibility index (Phi) is 4.49. The third kappa shape index (κ3) is 3.47. The zero-order valence-electron chi connectivity index (χ0n) is 8.67. The largest absolute Gasteiger partial charge is 0.490 e. The Morgan fingerprint density at radius 3 is 2.73 bits per heavy atom. The van der Waals surface area contributed by atoms with E-state index in [1.54, 1.807) is 13.0 Å². The molecule has 84 valence electrons. The van der Waals surface area contributed by atoms with E-state index in [2.05, 4.69) is 0 Å². The van der Waals surface area contributed by atoms with Gasteiger partial charge < -0.3 is 10.5 Å². The molecule has 0 saturated heterocycles. The van der Waals surface area contributed by atoms with Gasteiger partial charge in [0.15, 0.2) is 11.6 Å². The number of hydrogen-bond acceptors (Lipinski definition) is 2. The van der Waals surface area contributed by atoms with Crippen molar-refractivity contribution in [2.24, 2.45) is 5.73 Å². The van der Waals surface area contributed by atoms with Crippen LogP contribution in [-0.2, 0) is 0 Å². The molecule has 0 heterocycles. The highest BCUT2D eigenvalue weighted by molar-refractivity contribution is 5.30.